The van der Waals surface area contributed by atoms with Crippen LogP contribution in [-0.4, -0.2) is 17.3 Å². The van der Waals surface area contributed by atoms with Crippen LogP contribution in [0.1, 0.15) is 50.2 Å². The van der Waals surface area contributed by atoms with Gasteiger partial charge in [-0.05, 0) is 36.3 Å². The molecule has 1 rings (SSSR count). The second-order valence-corrected chi connectivity index (χ2v) is 8.54. The van der Waals surface area contributed by atoms with E-state index in [-0.39, 0.29) is 23.6 Å². The van der Waals surface area contributed by atoms with Crippen molar-refractivity contribution in [2.45, 2.75) is 44.8 Å². The van der Waals surface area contributed by atoms with E-state index in [2.05, 4.69) is 22.4 Å². The molecule has 23 heavy (non-hydrogen) atoms. The minimum Gasteiger partial charge on any atom is -0.709 e. The average molecular weight is 359 g/mol. The van der Waals surface area contributed by atoms with Crippen LogP contribution in [0.25, 0.3) is 0 Å². The van der Waals surface area contributed by atoms with Crippen molar-refractivity contribution in [1.29, 1.82) is 0 Å². The lowest BCUT2D eigenvalue weighted by atomic mass is 9.85. The molecule has 7 heteroatoms. The van der Waals surface area contributed by atoms with Crippen LogP contribution in [0, 0.1) is 5.92 Å². The van der Waals surface area contributed by atoms with Gasteiger partial charge in [-0.25, -0.2) is 4.21 Å². The molecule has 0 aromatic heterocycles. The van der Waals surface area contributed by atoms with Gasteiger partial charge >= 0.3 is 5.97 Å². The molecule has 3 unspecified atom stereocenters. The van der Waals surface area contributed by atoms with Crippen molar-refractivity contribution in [3.05, 3.63) is 35.4 Å². The average Bonchev–Trinajstić information content (AvgIpc) is 2.56. The molecular formula is C16H23O5S2-. The molecule has 0 saturated carbocycles. The SMILES string of the molecule is CCC(CC(CC)c1ccc(CS(=O)(=S)O[O-])cc1)C(=O)OC. The molecule has 0 radical (unpaired) electrons. The summed E-state index contributed by atoms with van der Waals surface area (Å²) in [5.41, 5.74) is 1.79. The number of methoxy groups -OCH3 is 1. The monoisotopic (exact) mass is 359 g/mol. The first-order valence-electron chi connectivity index (χ1n) is 7.57. The predicted octanol–water partition coefficient (Wildman–Crippen LogP) is 2.22. The van der Waals surface area contributed by atoms with E-state index in [4.69, 9.17) is 4.74 Å². The molecule has 5 nitrogen and oxygen atoms in total. The molecule has 0 amide bonds. The maximum atomic E-state index is 11.8. The Hall–Kier alpha value is -1.02. The third-order valence-electron chi connectivity index (χ3n) is 3.99. The summed E-state index contributed by atoms with van der Waals surface area (Å²) in [5, 5.41) is 10.3. The third-order valence-corrected chi connectivity index (χ3v) is 5.40. The van der Waals surface area contributed by atoms with Crippen LogP contribution >= 0.6 is 0 Å². The first-order valence-corrected chi connectivity index (χ1v) is 10.1. The number of carbonyl (C=O) groups is 1. The summed E-state index contributed by atoms with van der Waals surface area (Å²) in [6.07, 6.45) is 2.36. The van der Waals surface area contributed by atoms with E-state index in [0.717, 1.165) is 24.8 Å². The number of carbonyl (C=O) groups excluding carboxylic acids is 1. The van der Waals surface area contributed by atoms with E-state index in [1.165, 1.54) is 7.11 Å². The minimum absolute atomic E-state index is 0.0807. The number of hydrogen-bond donors (Lipinski definition) is 0. The molecule has 0 N–H and O–H groups in total. The van der Waals surface area contributed by atoms with Gasteiger partial charge in [0.05, 0.1) is 18.8 Å². The molecule has 0 spiro atoms. The molecular weight excluding hydrogens is 336 g/mol. The normalized spacial score (nSPS) is 16.3. The number of benzene rings is 1. The van der Waals surface area contributed by atoms with Crippen molar-refractivity contribution in [2.75, 3.05) is 7.11 Å². The van der Waals surface area contributed by atoms with Gasteiger partial charge in [0.25, 0.3) is 0 Å². The topological polar surface area (TPSA) is 75.7 Å². The van der Waals surface area contributed by atoms with Gasteiger partial charge in [-0.3, -0.25) is 4.79 Å². The Morgan fingerprint density at radius 2 is 1.87 bits per heavy atom. The summed E-state index contributed by atoms with van der Waals surface area (Å²) < 4.78 is 20.0. The highest BCUT2D eigenvalue weighted by Crippen LogP contribution is 2.29. The first-order chi connectivity index (χ1) is 10.9. The Morgan fingerprint density at radius 1 is 1.26 bits per heavy atom. The zero-order valence-electron chi connectivity index (χ0n) is 13.7. The van der Waals surface area contributed by atoms with Crippen LogP contribution in [0.5, 0.6) is 0 Å². The molecule has 0 aliphatic carbocycles. The van der Waals surface area contributed by atoms with Crippen LogP contribution in [0.3, 0.4) is 0 Å². The Balaban J connectivity index is 2.85. The minimum atomic E-state index is -3.23. The van der Waals surface area contributed by atoms with E-state index in [1.54, 1.807) is 12.1 Å². The summed E-state index contributed by atoms with van der Waals surface area (Å²) in [5.74, 6) is -0.148. The van der Waals surface area contributed by atoms with E-state index in [0.29, 0.717) is 5.56 Å². The zero-order valence-corrected chi connectivity index (χ0v) is 15.3. The van der Waals surface area contributed by atoms with Crippen LogP contribution < -0.4 is 5.26 Å². The molecule has 0 aliphatic heterocycles. The number of ether oxygens (including phenoxy) is 1. The summed E-state index contributed by atoms with van der Waals surface area (Å²) in [6.45, 7) is 4.05. The van der Waals surface area contributed by atoms with Crippen LogP contribution in [0.2, 0.25) is 0 Å². The zero-order chi connectivity index (χ0) is 17.5. The lowest BCUT2D eigenvalue weighted by molar-refractivity contribution is -0.633. The van der Waals surface area contributed by atoms with Gasteiger partial charge in [0.2, 0.25) is 0 Å². The van der Waals surface area contributed by atoms with Crippen molar-refractivity contribution in [2.24, 2.45) is 5.92 Å². The van der Waals surface area contributed by atoms with E-state index < -0.39 is 8.77 Å². The second-order valence-electron chi connectivity index (χ2n) is 5.48. The lowest BCUT2D eigenvalue weighted by Crippen LogP contribution is -2.18. The van der Waals surface area contributed by atoms with Crippen molar-refractivity contribution < 1.29 is 23.3 Å². The highest BCUT2D eigenvalue weighted by atomic mass is 32.8. The largest absolute Gasteiger partial charge is 0.709 e. The quantitative estimate of drug-likeness (QED) is 0.382. The van der Waals surface area contributed by atoms with E-state index >= 15 is 0 Å². The maximum Gasteiger partial charge on any atom is 0.308 e. The fraction of sp³-hybridized carbons (Fsp3) is 0.562. The maximum absolute atomic E-state index is 11.8. The molecule has 0 heterocycles. The summed E-state index contributed by atoms with van der Waals surface area (Å²) in [6, 6.07) is 7.43. The fourth-order valence-corrected chi connectivity index (χ4v) is 3.65. The van der Waals surface area contributed by atoms with Crippen molar-refractivity contribution >= 4 is 25.9 Å². The fourth-order valence-electron chi connectivity index (χ4n) is 2.59. The number of hydrogen-bond acceptors (Lipinski definition) is 6. The van der Waals surface area contributed by atoms with Gasteiger partial charge in [0.1, 0.15) is 8.77 Å². The van der Waals surface area contributed by atoms with Crippen molar-refractivity contribution in [3.8, 4) is 0 Å². The molecule has 0 aliphatic rings. The van der Waals surface area contributed by atoms with Crippen molar-refractivity contribution in [1.82, 2.24) is 0 Å². The standard InChI is InChI=1S/C16H24O5S2/c1-4-13(10-14(5-2)16(17)20-3)15-8-6-12(7-9-15)11-23(19,22)21-18/h6-9,13-14,18H,4-5,10-11H2,1-3H3/p-1. The molecule has 1 aromatic carbocycles. The molecule has 0 bridgehead atoms. The van der Waals surface area contributed by atoms with E-state index in [9.17, 15) is 14.3 Å². The Kier molecular flexibility index (Phi) is 8.11. The van der Waals surface area contributed by atoms with Gasteiger partial charge in [0.15, 0.2) is 0 Å². The molecule has 3 atom stereocenters. The Labute approximate surface area is 142 Å². The van der Waals surface area contributed by atoms with Crippen molar-refractivity contribution in [3.63, 3.8) is 0 Å². The number of rotatable bonds is 9. The highest BCUT2D eigenvalue weighted by Gasteiger charge is 2.22. The Morgan fingerprint density at radius 3 is 2.30 bits per heavy atom. The second kappa shape index (κ2) is 9.32. The summed E-state index contributed by atoms with van der Waals surface area (Å²) in [4.78, 5) is 11.8. The van der Waals surface area contributed by atoms with Crippen LogP contribution in [-0.2, 0) is 39.6 Å². The molecule has 130 valence electrons. The highest BCUT2D eigenvalue weighted by molar-refractivity contribution is 8.29. The summed E-state index contributed by atoms with van der Waals surface area (Å²) in [7, 11) is -1.82. The van der Waals surface area contributed by atoms with Gasteiger partial charge in [-0.2, -0.15) is 0 Å². The van der Waals surface area contributed by atoms with Crippen LogP contribution in [0.15, 0.2) is 24.3 Å². The lowest BCUT2D eigenvalue weighted by Gasteiger charge is -2.21. The number of esters is 1. The van der Waals surface area contributed by atoms with Gasteiger partial charge < -0.3 is 14.3 Å². The Bertz CT molecular complexity index is 595. The van der Waals surface area contributed by atoms with Gasteiger partial charge in [0, 0.05) is 11.2 Å². The predicted molar refractivity (Wildman–Crippen MR) is 90.2 cm³/mol. The first kappa shape index (κ1) is 20.0. The molecule has 0 saturated heterocycles. The van der Waals surface area contributed by atoms with E-state index in [1.807, 2.05) is 19.1 Å². The molecule has 0 fully saturated rings. The van der Waals surface area contributed by atoms with Gasteiger partial charge in [-0.15, -0.1) is 0 Å². The van der Waals surface area contributed by atoms with Gasteiger partial charge in [-0.1, -0.05) is 38.1 Å². The third kappa shape index (κ3) is 6.18. The van der Waals surface area contributed by atoms with Crippen LogP contribution in [0.4, 0.5) is 0 Å². The molecule has 1 aromatic rings. The summed E-state index contributed by atoms with van der Waals surface area (Å²) >= 11 is 4.59. The smallest absolute Gasteiger partial charge is 0.308 e.